The van der Waals surface area contributed by atoms with Gasteiger partial charge in [0.25, 0.3) is 0 Å². The molecule has 16 heavy (non-hydrogen) atoms. The number of rotatable bonds is 1. The van der Waals surface area contributed by atoms with E-state index in [-0.39, 0.29) is 5.41 Å². The van der Waals surface area contributed by atoms with Gasteiger partial charge in [-0.3, -0.25) is 0 Å². The number of benzene rings is 1. The first-order chi connectivity index (χ1) is 7.29. The van der Waals surface area contributed by atoms with Crippen molar-refractivity contribution in [1.82, 2.24) is 0 Å². The van der Waals surface area contributed by atoms with Gasteiger partial charge < -0.3 is 5.11 Å². The third-order valence-corrected chi connectivity index (χ3v) is 2.96. The van der Waals surface area contributed by atoms with Crippen molar-refractivity contribution in [2.45, 2.75) is 46.5 Å². The predicted octanol–water partition coefficient (Wildman–Crippen LogP) is 3.37. The highest BCUT2D eigenvalue weighted by Crippen LogP contribution is 2.36. The van der Waals surface area contributed by atoms with Crippen molar-refractivity contribution in [3.8, 4) is 11.8 Å². The van der Waals surface area contributed by atoms with Crippen LogP contribution in [0.4, 0.5) is 0 Å². The molecule has 0 bridgehead atoms. The van der Waals surface area contributed by atoms with Gasteiger partial charge in [-0.25, -0.2) is 0 Å². The maximum atomic E-state index is 10.2. The average Bonchev–Trinajstić information content (AvgIpc) is 2.16. The first-order valence-corrected chi connectivity index (χ1v) is 5.48. The number of nitriles is 1. The van der Waals surface area contributed by atoms with Gasteiger partial charge in [0.1, 0.15) is 5.75 Å². The van der Waals surface area contributed by atoms with Gasteiger partial charge in [0.2, 0.25) is 0 Å². The molecule has 0 aromatic heterocycles. The van der Waals surface area contributed by atoms with Crippen molar-refractivity contribution in [3.63, 3.8) is 0 Å². The summed E-state index contributed by atoms with van der Waals surface area (Å²) in [4.78, 5) is 0. The maximum Gasteiger partial charge on any atom is 0.122 e. The van der Waals surface area contributed by atoms with Gasteiger partial charge in [0, 0.05) is 0 Å². The Hall–Kier alpha value is -1.49. The summed E-state index contributed by atoms with van der Waals surface area (Å²) in [5, 5.41) is 18.9. The highest BCUT2D eigenvalue weighted by atomic mass is 16.3. The van der Waals surface area contributed by atoms with Gasteiger partial charge in [0.05, 0.1) is 12.5 Å². The summed E-state index contributed by atoms with van der Waals surface area (Å²) >= 11 is 0. The first-order valence-electron chi connectivity index (χ1n) is 5.48. The number of phenols is 1. The molecule has 0 aliphatic heterocycles. The van der Waals surface area contributed by atoms with Crippen molar-refractivity contribution in [2.75, 3.05) is 0 Å². The molecule has 1 rings (SSSR count). The zero-order chi connectivity index (χ0) is 12.5. The molecule has 0 fully saturated rings. The van der Waals surface area contributed by atoms with Crippen LogP contribution in [0.5, 0.6) is 5.75 Å². The van der Waals surface area contributed by atoms with Crippen LogP contribution in [0.25, 0.3) is 0 Å². The molecular formula is C14H19NO. The Labute approximate surface area is 97.5 Å². The van der Waals surface area contributed by atoms with E-state index in [1.165, 1.54) is 0 Å². The van der Waals surface area contributed by atoms with E-state index in [2.05, 4.69) is 26.8 Å². The molecular weight excluding hydrogens is 198 g/mol. The summed E-state index contributed by atoms with van der Waals surface area (Å²) in [6.45, 7) is 10.1. The second-order valence-corrected chi connectivity index (χ2v) is 5.28. The summed E-state index contributed by atoms with van der Waals surface area (Å²) in [5.74, 6) is 0.336. The van der Waals surface area contributed by atoms with Crippen LogP contribution in [0.3, 0.4) is 0 Å². The van der Waals surface area contributed by atoms with Gasteiger partial charge in [0.15, 0.2) is 0 Å². The molecule has 0 amide bonds. The molecule has 0 spiro atoms. The van der Waals surface area contributed by atoms with Gasteiger partial charge in [-0.1, -0.05) is 26.8 Å². The predicted molar refractivity (Wildman–Crippen MR) is 65.6 cm³/mol. The molecule has 0 saturated carbocycles. The van der Waals surface area contributed by atoms with E-state index in [0.29, 0.717) is 12.2 Å². The Balaban J connectivity index is 3.47. The summed E-state index contributed by atoms with van der Waals surface area (Å²) in [5.41, 5.74) is 3.75. The van der Waals surface area contributed by atoms with Gasteiger partial charge >= 0.3 is 0 Å². The molecule has 1 aromatic carbocycles. The van der Waals surface area contributed by atoms with Crippen LogP contribution in [-0.4, -0.2) is 5.11 Å². The van der Waals surface area contributed by atoms with E-state index >= 15 is 0 Å². The number of nitrogens with zero attached hydrogens (tertiary/aromatic N) is 1. The van der Waals surface area contributed by atoms with Crippen molar-refractivity contribution >= 4 is 0 Å². The molecule has 1 aromatic rings. The highest BCUT2D eigenvalue weighted by Gasteiger charge is 2.21. The second-order valence-electron chi connectivity index (χ2n) is 5.28. The lowest BCUT2D eigenvalue weighted by Crippen LogP contribution is -2.13. The Bertz CT molecular complexity index is 447. The lowest BCUT2D eigenvalue weighted by Gasteiger charge is -2.23. The zero-order valence-corrected chi connectivity index (χ0v) is 10.7. The first kappa shape index (κ1) is 12.6. The van der Waals surface area contributed by atoms with Crippen LogP contribution in [-0.2, 0) is 11.8 Å². The van der Waals surface area contributed by atoms with Crippen LogP contribution in [0.1, 0.15) is 43.0 Å². The van der Waals surface area contributed by atoms with E-state index < -0.39 is 0 Å². The Morgan fingerprint density at radius 1 is 1.31 bits per heavy atom. The quantitative estimate of drug-likeness (QED) is 0.783. The molecule has 2 heteroatoms. The SMILES string of the molecule is Cc1cc(C(C)(C)C)c(O)c(C)c1CC#N. The molecule has 0 aliphatic carbocycles. The van der Waals surface area contributed by atoms with Crippen LogP contribution in [0.2, 0.25) is 0 Å². The van der Waals surface area contributed by atoms with Crippen LogP contribution >= 0.6 is 0 Å². The Kier molecular flexibility index (Phi) is 3.28. The molecule has 0 heterocycles. The van der Waals surface area contributed by atoms with Crippen molar-refractivity contribution < 1.29 is 5.11 Å². The Morgan fingerprint density at radius 2 is 1.88 bits per heavy atom. The fourth-order valence-electron chi connectivity index (χ4n) is 1.94. The van der Waals surface area contributed by atoms with Crippen LogP contribution in [0, 0.1) is 25.2 Å². The largest absolute Gasteiger partial charge is 0.507 e. The van der Waals surface area contributed by atoms with E-state index in [1.54, 1.807) is 0 Å². The number of hydrogen-bond acceptors (Lipinski definition) is 2. The molecule has 0 aliphatic rings. The lowest BCUT2D eigenvalue weighted by molar-refractivity contribution is 0.441. The fraction of sp³-hybridized carbons (Fsp3) is 0.500. The summed E-state index contributed by atoms with van der Waals surface area (Å²) in [6, 6.07) is 4.14. The zero-order valence-electron chi connectivity index (χ0n) is 10.7. The number of aryl methyl sites for hydroxylation is 1. The molecule has 2 nitrogen and oxygen atoms in total. The lowest BCUT2D eigenvalue weighted by atomic mass is 9.82. The topological polar surface area (TPSA) is 44.0 Å². The van der Waals surface area contributed by atoms with Gasteiger partial charge in [-0.2, -0.15) is 5.26 Å². The van der Waals surface area contributed by atoms with Gasteiger partial charge in [-0.15, -0.1) is 0 Å². The Morgan fingerprint density at radius 3 is 2.31 bits per heavy atom. The maximum absolute atomic E-state index is 10.2. The molecule has 0 unspecified atom stereocenters. The normalized spacial score (nSPS) is 11.2. The standard InChI is InChI=1S/C14H19NO/c1-9-8-12(14(3,4)5)13(16)10(2)11(9)6-7-15/h8,16H,6H2,1-5H3. The molecule has 0 saturated heterocycles. The van der Waals surface area contributed by atoms with E-state index in [4.69, 9.17) is 5.26 Å². The van der Waals surface area contributed by atoms with E-state index in [1.807, 2.05) is 19.9 Å². The minimum absolute atomic E-state index is 0.0786. The van der Waals surface area contributed by atoms with E-state index in [9.17, 15) is 5.11 Å². The smallest absolute Gasteiger partial charge is 0.122 e. The van der Waals surface area contributed by atoms with Crippen LogP contribution < -0.4 is 0 Å². The summed E-state index contributed by atoms with van der Waals surface area (Å²) < 4.78 is 0. The van der Waals surface area contributed by atoms with Crippen molar-refractivity contribution in [1.29, 1.82) is 5.26 Å². The molecule has 86 valence electrons. The molecule has 1 N–H and O–H groups in total. The number of hydrogen-bond donors (Lipinski definition) is 1. The molecule has 0 radical (unpaired) electrons. The highest BCUT2D eigenvalue weighted by molar-refractivity contribution is 5.52. The average molecular weight is 217 g/mol. The number of aromatic hydroxyl groups is 1. The number of phenolic OH excluding ortho intramolecular Hbond substituents is 1. The monoisotopic (exact) mass is 217 g/mol. The third kappa shape index (κ3) is 2.19. The second kappa shape index (κ2) is 4.17. The van der Waals surface area contributed by atoms with Crippen molar-refractivity contribution in [2.24, 2.45) is 0 Å². The minimum atomic E-state index is -0.0786. The summed E-state index contributed by atoms with van der Waals surface area (Å²) in [7, 11) is 0. The minimum Gasteiger partial charge on any atom is -0.507 e. The third-order valence-electron chi connectivity index (χ3n) is 2.96. The van der Waals surface area contributed by atoms with Crippen LogP contribution in [0.15, 0.2) is 6.07 Å². The van der Waals surface area contributed by atoms with E-state index in [0.717, 1.165) is 22.3 Å². The van der Waals surface area contributed by atoms with Gasteiger partial charge in [-0.05, 0) is 41.5 Å². The fourth-order valence-corrected chi connectivity index (χ4v) is 1.94. The molecule has 0 atom stereocenters. The summed E-state index contributed by atoms with van der Waals surface area (Å²) in [6.07, 6.45) is 0.357. The van der Waals surface area contributed by atoms with Crippen molar-refractivity contribution in [3.05, 3.63) is 28.3 Å².